The molecule has 0 unspecified atom stereocenters. The molecule has 3 atom stereocenters. The van der Waals surface area contributed by atoms with Crippen LogP contribution in [-0.4, -0.2) is 26.8 Å². The van der Waals surface area contributed by atoms with Crippen LogP contribution in [0.25, 0.3) is 11.3 Å². The smallest absolute Gasteiger partial charge is 0.161 e. The molecule has 5 rings (SSSR count). The van der Waals surface area contributed by atoms with Gasteiger partial charge in [-0.2, -0.15) is 0 Å². The van der Waals surface area contributed by atoms with Gasteiger partial charge in [-0.15, -0.1) is 0 Å². The molecule has 6 heteroatoms. The van der Waals surface area contributed by atoms with E-state index in [0.717, 1.165) is 45.1 Å². The van der Waals surface area contributed by atoms with E-state index in [9.17, 15) is 0 Å². The maximum absolute atomic E-state index is 6.37. The van der Waals surface area contributed by atoms with Crippen molar-refractivity contribution in [1.29, 1.82) is 0 Å². The van der Waals surface area contributed by atoms with Gasteiger partial charge in [0, 0.05) is 28.6 Å². The lowest BCUT2D eigenvalue weighted by Gasteiger charge is -2.25. The zero-order valence-electron chi connectivity index (χ0n) is 15.7. The van der Waals surface area contributed by atoms with Gasteiger partial charge in [0.15, 0.2) is 5.17 Å². The first-order chi connectivity index (χ1) is 13.6. The molecule has 3 aromatic rings. The molecule has 0 saturated carbocycles. The van der Waals surface area contributed by atoms with Crippen LogP contribution in [0.2, 0.25) is 5.02 Å². The molecule has 2 aliphatic heterocycles. The Balaban J connectivity index is 1.55. The number of benzene rings is 1. The molecule has 0 bridgehead atoms. The number of amidine groups is 1. The molecule has 4 heterocycles. The van der Waals surface area contributed by atoms with Gasteiger partial charge in [-0.25, -0.2) is 4.99 Å². The van der Waals surface area contributed by atoms with Crippen LogP contribution in [-0.2, 0) is 0 Å². The number of hydrogen-bond acceptors (Lipinski definition) is 5. The normalized spacial score (nSPS) is 23.8. The molecule has 0 radical (unpaired) electrons. The third kappa shape index (κ3) is 2.93. The highest BCUT2D eigenvalue weighted by atomic mass is 35.5. The molecule has 1 saturated heterocycles. The molecule has 142 valence electrons. The summed E-state index contributed by atoms with van der Waals surface area (Å²) in [7, 11) is 0. The lowest BCUT2D eigenvalue weighted by molar-refractivity contribution is 0.277. The van der Waals surface area contributed by atoms with E-state index in [0.29, 0.717) is 5.25 Å². The summed E-state index contributed by atoms with van der Waals surface area (Å²) in [6.07, 6.45) is 1.83. The molecule has 2 aromatic heterocycles. The third-order valence-corrected chi connectivity index (χ3v) is 6.84. The molecule has 4 nitrogen and oxygen atoms in total. The predicted octanol–water partition coefficient (Wildman–Crippen LogP) is 5.89. The Morgan fingerprint density at radius 3 is 2.86 bits per heavy atom. The SMILES string of the molecule is Cc1c(Cl)cccc1-c1ccc([C@@H]2[C@H](c3ccccn3)N=C3S[C@H](C)CN32)o1. The van der Waals surface area contributed by atoms with Crippen molar-refractivity contribution >= 4 is 28.5 Å². The van der Waals surface area contributed by atoms with Crippen LogP contribution in [0.4, 0.5) is 0 Å². The van der Waals surface area contributed by atoms with Gasteiger partial charge in [-0.3, -0.25) is 4.98 Å². The first-order valence-corrected chi connectivity index (χ1v) is 10.6. The van der Waals surface area contributed by atoms with Crippen LogP contribution in [0.3, 0.4) is 0 Å². The number of halogens is 1. The van der Waals surface area contributed by atoms with Crippen molar-refractivity contribution < 1.29 is 4.42 Å². The van der Waals surface area contributed by atoms with Gasteiger partial charge in [-0.1, -0.05) is 48.5 Å². The second kappa shape index (κ2) is 6.98. The summed E-state index contributed by atoms with van der Waals surface area (Å²) < 4.78 is 6.37. The summed E-state index contributed by atoms with van der Waals surface area (Å²) in [5, 5.41) is 2.36. The largest absolute Gasteiger partial charge is 0.459 e. The molecule has 0 amide bonds. The number of pyridine rings is 1. The zero-order chi connectivity index (χ0) is 19.3. The maximum atomic E-state index is 6.37. The van der Waals surface area contributed by atoms with Gasteiger partial charge in [-0.05, 0) is 42.8 Å². The minimum absolute atomic E-state index is 0.0237. The summed E-state index contributed by atoms with van der Waals surface area (Å²) in [6.45, 7) is 5.22. The Bertz CT molecular complexity index is 1050. The van der Waals surface area contributed by atoms with Gasteiger partial charge in [0.1, 0.15) is 23.6 Å². The topological polar surface area (TPSA) is 41.6 Å². The molecule has 1 aromatic carbocycles. The number of aliphatic imine (C=N–C) groups is 1. The second-order valence-corrected chi connectivity index (χ2v) is 9.06. The van der Waals surface area contributed by atoms with Gasteiger partial charge in [0.2, 0.25) is 0 Å². The van der Waals surface area contributed by atoms with Gasteiger partial charge in [0.05, 0.1) is 5.69 Å². The van der Waals surface area contributed by atoms with E-state index in [1.165, 1.54) is 0 Å². The Morgan fingerprint density at radius 2 is 2.04 bits per heavy atom. The van der Waals surface area contributed by atoms with E-state index in [4.69, 9.17) is 21.0 Å². The standard InChI is InChI=1S/C22H20ClN3OS/c1-13-12-26-21(20(25-22(26)28-13)17-8-3-4-11-24-17)19-10-9-18(27-19)15-6-5-7-16(23)14(15)2/h3-11,13,20-21H,12H2,1-2H3/t13-,20+,21-/m1/s1. The zero-order valence-corrected chi connectivity index (χ0v) is 17.2. The Kier molecular flexibility index (Phi) is 4.44. The van der Waals surface area contributed by atoms with Crippen molar-refractivity contribution in [3.63, 3.8) is 0 Å². The van der Waals surface area contributed by atoms with Crippen LogP contribution in [0.5, 0.6) is 0 Å². The van der Waals surface area contributed by atoms with Crippen LogP contribution < -0.4 is 0 Å². The average molecular weight is 410 g/mol. The highest BCUT2D eigenvalue weighted by Crippen LogP contribution is 2.48. The number of aromatic nitrogens is 1. The lowest BCUT2D eigenvalue weighted by atomic mass is 10.0. The third-order valence-electron chi connectivity index (χ3n) is 5.33. The van der Waals surface area contributed by atoms with E-state index in [1.54, 1.807) is 0 Å². The molecular weight excluding hydrogens is 390 g/mol. The second-order valence-electron chi connectivity index (χ2n) is 7.25. The van der Waals surface area contributed by atoms with Crippen LogP contribution in [0.1, 0.15) is 36.0 Å². The Hall–Kier alpha value is -2.24. The summed E-state index contributed by atoms with van der Waals surface area (Å²) in [6, 6.07) is 16.0. The number of thioether (sulfide) groups is 1. The number of rotatable bonds is 3. The van der Waals surface area contributed by atoms with E-state index in [-0.39, 0.29) is 12.1 Å². The monoisotopic (exact) mass is 409 g/mol. The first-order valence-electron chi connectivity index (χ1n) is 9.39. The summed E-state index contributed by atoms with van der Waals surface area (Å²) >= 11 is 8.14. The maximum Gasteiger partial charge on any atom is 0.161 e. The fraction of sp³-hybridized carbons (Fsp3) is 0.273. The summed E-state index contributed by atoms with van der Waals surface area (Å²) in [5.41, 5.74) is 3.02. The fourth-order valence-corrected chi connectivity index (χ4v) is 5.22. The Morgan fingerprint density at radius 1 is 1.14 bits per heavy atom. The van der Waals surface area contributed by atoms with E-state index in [2.05, 4.69) is 22.9 Å². The highest BCUT2D eigenvalue weighted by molar-refractivity contribution is 8.14. The summed E-state index contributed by atoms with van der Waals surface area (Å²) in [4.78, 5) is 11.9. The summed E-state index contributed by atoms with van der Waals surface area (Å²) in [5.74, 6) is 1.75. The van der Waals surface area contributed by atoms with Gasteiger partial charge >= 0.3 is 0 Å². The van der Waals surface area contributed by atoms with Crippen molar-refractivity contribution in [2.75, 3.05) is 6.54 Å². The van der Waals surface area contributed by atoms with Crippen LogP contribution in [0, 0.1) is 6.92 Å². The van der Waals surface area contributed by atoms with Crippen molar-refractivity contribution in [1.82, 2.24) is 9.88 Å². The van der Waals surface area contributed by atoms with Crippen molar-refractivity contribution in [2.24, 2.45) is 4.99 Å². The highest BCUT2D eigenvalue weighted by Gasteiger charge is 2.45. The van der Waals surface area contributed by atoms with Crippen molar-refractivity contribution in [3.8, 4) is 11.3 Å². The Labute approximate surface area is 173 Å². The molecule has 2 aliphatic rings. The van der Waals surface area contributed by atoms with Crippen LogP contribution in [0.15, 0.2) is 64.1 Å². The lowest BCUT2D eigenvalue weighted by Crippen LogP contribution is -2.28. The predicted molar refractivity (Wildman–Crippen MR) is 115 cm³/mol. The molecule has 0 N–H and O–H groups in total. The van der Waals surface area contributed by atoms with Crippen molar-refractivity contribution in [3.05, 3.63) is 76.8 Å². The molecule has 0 aliphatic carbocycles. The quantitative estimate of drug-likeness (QED) is 0.540. The van der Waals surface area contributed by atoms with Gasteiger partial charge in [0.25, 0.3) is 0 Å². The fourth-order valence-electron chi connectivity index (χ4n) is 3.96. The molecular formula is C22H20ClN3OS. The average Bonchev–Trinajstić information content (AvgIpc) is 3.38. The molecule has 28 heavy (non-hydrogen) atoms. The number of nitrogens with zero attached hydrogens (tertiary/aromatic N) is 3. The molecule has 1 fully saturated rings. The number of hydrogen-bond donors (Lipinski definition) is 0. The number of fused-ring (bicyclic) bond motifs is 1. The van der Waals surface area contributed by atoms with E-state index in [1.807, 2.05) is 67.3 Å². The van der Waals surface area contributed by atoms with Crippen LogP contribution >= 0.6 is 23.4 Å². The minimum Gasteiger partial charge on any atom is -0.459 e. The first kappa shape index (κ1) is 17.8. The van der Waals surface area contributed by atoms with E-state index >= 15 is 0 Å². The van der Waals surface area contributed by atoms with E-state index < -0.39 is 0 Å². The molecule has 0 spiro atoms. The van der Waals surface area contributed by atoms with Crippen molar-refractivity contribution in [2.45, 2.75) is 31.2 Å². The number of furan rings is 1. The minimum atomic E-state index is -0.0596. The van der Waals surface area contributed by atoms with Gasteiger partial charge < -0.3 is 9.32 Å².